The molecule has 0 spiro atoms. The van der Waals surface area contributed by atoms with Crippen molar-refractivity contribution in [1.29, 1.82) is 5.26 Å². The fraction of sp³-hybridized carbons (Fsp3) is 0.192. The van der Waals surface area contributed by atoms with Crippen LogP contribution in [0.4, 0.5) is 0 Å². The van der Waals surface area contributed by atoms with Gasteiger partial charge in [0.2, 0.25) is 0 Å². The summed E-state index contributed by atoms with van der Waals surface area (Å²) >= 11 is 0. The SMILES string of the molecule is CCCCCc1ccc(-c2cc(OC(=O)c3ccc(C#N)cc3)ccc2C(=O)O)cc1. The largest absolute Gasteiger partial charge is 0.478 e. The summed E-state index contributed by atoms with van der Waals surface area (Å²) in [5.74, 6) is -1.38. The summed E-state index contributed by atoms with van der Waals surface area (Å²) in [6, 6.07) is 20.4. The van der Waals surface area contributed by atoms with Crippen molar-refractivity contribution in [3.8, 4) is 22.9 Å². The van der Waals surface area contributed by atoms with E-state index in [2.05, 4.69) is 6.92 Å². The van der Waals surface area contributed by atoms with Gasteiger partial charge in [-0.2, -0.15) is 5.26 Å². The molecule has 0 radical (unpaired) electrons. The van der Waals surface area contributed by atoms with Crippen LogP contribution in [-0.4, -0.2) is 17.0 Å². The number of carboxylic acid groups (broad SMARTS) is 1. The Morgan fingerprint density at radius 2 is 1.68 bits per heavy atom. The molecule has 0 saturated heterocycles. The molecule has 3 aromatic carbocycles. The molecular formula is C26H23NO4. The first-order valence-electron chi connectivity index (χ1n) is 10.2. The van der Waals surface area contributed by atoms with Gasteiger partial charge in [0, 0.05) is 0 Å². The predicted octanol–water partition coefficient (Wildman–Crippen LogP) is 5.88. The van der Waals surface area contributed by atoms with E-state index in [1.807, 2.05) is 30.3 Å². The number of carboxylic acids is 1. The maximum absolute atomic E-state index is 12.4. The zero-order valence-corrected chi connectivity index (χ0v) is 17.3. The quantitative estimate of drug-likeness (QED) is 0.283. The van der Waals surface area contributed by atoms with Gasteiger partial charge in [-0.15, -0.1) is 0 Å². The van der Waals surface area contributed by atoms with Gasteiger partial charge < -0.3 is 9.84 Å². The molecule has 31 heavy (non-hydrogen) atoms. The highest BCUT2D eigenvalue weighted by molar-refractivity contribution is 5.97. The molecule has 5 nitrogen and oxygen atoms in total. The summed E-state index contributed by atoms with van der Waals surface area (Å²) in [4.78, 5) is 24.1. The molecule has 0 saturated carbocycles. The molecule has 0 unspecified atom stereocenters. The van der Waals surface area contributed by atoms with E-state index >= 15 is 0 Å². The van der Waals surface area contributed by atoms with Crippen molar-refractivity contribution in [2.45, 2.75) is 32.6 Å². The van der Waals surface area contributed by atoms with Crippen LogP contribution >= 0.6 is 0 Å². The first-order valence-corrected chi connectivity index (χ1v) is 10.2. The fourth-order valence-electron chi connectivity index (χ4n) is 3.29. The topological polar surface area (TPSA) is 87.4 Å². The molecule has 0 aromatic heterocycles. The molecule has 156 valence electrons. The van der Waals surface area contributed by atoms with Crippen LogP contribution in [0.3, 0.4) is 0 Å². The summed E-state index contributed by atoms with van der Waals surface area (Å²) in [5.41, 5.74) is 3.32. The average Bonchev–Trinajstić information content (AvgIpc) is 2.79. The Morgan fingerprint density at radius 3 is 2.29 bits per heavy atom. The van der Waals surface area contributed by atoms with Crippen LogP contribution in [0.1, 0.15) is 58.0 Å². The number of benzene rings is 3. The lowest BCUT2D eigenvalue weighted by atomic mass is 9.97. The number of hydrogen-bond donors (Lipinski definition) is 1. The van der Waals surface area contributed by atoms with E-state index in [1.54, 1.807) is 6.07 Å². The Labute approximate surface area is 181 Å². The first-order chi connectivity index (χ1) is 15.0. The number of aryl methyl sites for hydroxylation is 1. The number of aromatic carboxylic acids is 1. The summed E-state index contributed by atoms with van der Waals surface area (Å²) in [6.07, 6.45) is 4.45. The van der Waals surface area contributed by atoms with Crippen LogP contribution in [0, 0.1) is 11.3 Å². The Bertz CT molecular complexity index is 1110. The molecule has 5 heteroatoms. The van der Waals surface area contributed by atoms with Crippen molar-refractivity contribution < 1.29 is 19.4 Å². The number of nitriles is 1. The van der Waals surface area contributed by atoms with Gasteiger partial charge in [-0.25, -0.2) is 9.59 Å². The number of nitrogens with zero attached hydrogens (tertiary/aromatic N) is 1. The fourth-order valence-corrected chi connectivity index (χ4v) is 3.29. The summed E-state index contributed by atoms with van der Waals surface area (Å²) in [7, 11) is 0. The number of rotatable bonds is 8. The van der Waals surface area contributed by atoms with Gasteiger partial charge in [0.05, 0.1) is 22.8 Å². The van der Waals surface area contributed by atoms with E-state index in [1.165, 1.54) is 48.4 Å². The first kappa shape index (κ1) is 21.8. The van der Waals surface area contributed by atoms with Gasteiger partial charge in [-0.3, -0.25) is 0 Å². The van der Waals surface area contributed by atoms with Crippen molar-refractivity contribution in [3.05, 3.63) is 89.0 Å². The highest BCUT2D eigenvalue weighted by Crippen LogP contribution is 2.29. The number of esters is 1. The number of carbonyl (C=O) groups is 2. The van der Waals surface area contributed by atoms with E-state index < -0.39 is 11.9 Å². The minimum Gasteiger partial charge on any atom is -0.478 e. The van der Waals surface area contributed by atoms with E-state index in [0.29, 0.717) is 16.7 Å². The monoisotopic (exact) mass is 413 g/mol. The Morgan fingerprint density at radius 1 is 0.968 bits per heavy atom. The molecule has 0 atom stereocenters. The third-order valence-electron chi connectivity index (χ3n) is 5.02. The number of carbonyl (C=O) groups excluding carboxylic acids is 1. The predicted molar refractivity (Wildman–Crippen MR) is 118 cm³/mol. The van der Waals surface area contributed by atoms with E-state index in [4.69, 9.17) is 10.00 Å². The second kappa shape index (κ2) is 10.2. The van der Waals surface area contributed by atoms with Gasteiger partial charge in [0.1, 0.15) is 5.75 Å². The van der Waals surface area contributed by atoms with E-state index in [9.17, 15) is 14.7 Å². The lowest BCUT2D eigenvalue weighted by Crippen LogP contribution is -2.09. The maximum Gasteiger partial charge on any atom is 0.343 e. The Balaban J connectivity index is 1.84. The molecule has 0 amide bonds. The van der Waals surface area contributed by atoms with Gasteiger partial charge in [0.15, 0.2) is 0 Å². The molecule has 1 N–H and O–H groups in total. The van der Waals surface area contributed by atoms with Crippen molar-refractivity contribution in [3.63, 3.8) is 0 Å². The lowest BCUT2D eigenvalue weighted by molar-refractivity contribution is 0.0697. The third-order valence-corrected chi connectivity index (χ3v) is 5.02. The molecule has 0 aliphatic carbocycles. The van der Waals surface area contributed by atoms with Crippen LogP contribution in [0.15, 0.2) is 66.7 Å². The average molecular weight is 413 g/mol. The van der Waals surface area contributed by atoms with Crippen LogP contribution in [-0.2, 0) is 6.42 Å². The molecule has 0 bridgehead atoms. The van der Waals surface area contributed by atoms with Gasteiger partial charge in [0.25, 0.3) is 0 Å². The third kappa shape index (κ3) is 5.58. The summed E-state index contributed by atoms with van der Waals surface area (Å²) in [6.45, 7) is 2.16. The molecule has 0 aliphatic heterocycles. The van der Waals surface area contributed by atoms with Gasteiger partial charge >= 0.3 is 11.9 Å². The molecule has 3 aromatic rings. The normalized spacial score (nSPS) is 10.3. The molecule has 0 heterocycles. The smallest absolute Gasteiger partial charge is 0.343 e. The molecule has 0 fully saturated rings. The second-order valence-corrected chi connectivity index (χ2v) is 7.25. The van der Waals surface area contributed by atoms with Crippen molar-refractivity contribution in [2.75, 3.05) is 0 Å². The lowest BCUT2D eigenvalue weighted by Gasteiger charge is -2.11. The second-order valence-electron chi connectivity index (χ2n) is 7.25. The van der Waals surface area contributed by atoms with Crippen LogP contribution < -0.4 is 4.74 Å². The minimum atomic E-state index is -1.05. The highest BCUT2D eigenvalue weighted by Gasteiger charge is 2.15. The standard InChI is InChI=1S/C26H23NO4/c1-2-3-4-5-18-6-10-20(11-7-18)24-16-22(14-15-23(24)25(28)29)31-26(30)21-12-8-19(17-27)9-13-21/h6-16H,2-5H2,1H3,(H,28,29). The van der Waals surface area contributed by atoms with Crippen molar-refractivity contribution in [1.82, 2.24) is 0 Å². The number of ether oxygens (including phenoxy) is 1. The zero-order chi connectivity index (χ0) is 22.2. The van der Waals surface area contributed by atoms with Gasteiger partial charge in [-0.1, -0.05) is 44.0 Å². The highest BCUT2D eigenvalue weighted by atomic mass is 16.5. The van der Waals surface area contributed by atoms with E-state index in [-0.39, 0.29) is 11.3 Å². The van der Waals surface area contributed by atoms with Crippen LogP contribution in [0.2, 0.25) is 0 Å². The summed E-state index contributed by atoms with van der Waals surface area (Å²) in [5, 5.41) is 18.5. The Kier molecular flexibility index (Phi) is 7.18. The van der Waals surface area contributed by atoms with Gasteiger partial charge in [-0.05, 0) is 72.0 Å². The van der Waals surface area contributed by atoms with Crippen LogP contribution in [0.25, 0.3) is 11.1 Å². The minimum absolute atomic E-state index is 0.136. The molecule has 0 aliphatic rings. The van der Waals surface area contributed by atoms with E-state index in [0.717, 1.165) is 24.8 Å². The zero-order valence-electron chi connectivity index (χ0n) is 17.3. The molecular weight excluding hydrogens is 390 g/mol. The number of hydrogen-bond acceptors (Lipinski definition) is 4. The van der Waals surface area contributed by atoms with Crippen molar-refractivity contribution >= 4 is 11.9 Å². The number of unbranched alkanes of at least 4 members (excludes halogenated alkanes) is 2. The van der Waals surface area contributed by atoms with Crippen LogP contribution in [0.5, 0.6) is 5.75 Å². The Hall–Kier alpha value is -3.91. The maximum atomic E-state index is 12.4. The molecule has 3 rings (SSSR count). The summed E-state index contributed by atoms with van der Waals surface area (Å²) < 4.78 is 5.45. The van der Waals surface area contributed by atoms with Crippen molar-refractivity contribution in [2.24, 2.45) is 0 Å².